The summed E-state index contributed by atoms with van der Waals surface area (Å²) in [6.45, 7) is 0.558. The number of imidazole rings is 1. The van der Waals surface area contributed by atoms with Crippen LogP contribution in [0.1, 0.15) is 16.8 Å². The normalized spacial score (nSPS) is 11.4. The molecule has 39 heavy (non-hydrogen) atoms. The van der Waals surface area contributed by atoms with Crippen molar-refractivity contribution in [3.05, 3.63) is 128 Å². The monoisotopic (exact) mass is 530 g/mol. The van der Waals surface area contributed by atoms with E-state index in [1.807, 2.05) is 42.3 Å². The summed E-state index contributed by atoms with van der Waals surface area (Å²) >= 11 is 0. The fraction of sp³-hybridized carbons (Fsp3) is 0.143. The Balaban J connectivity index is 1.68. The first-order valence-electron chi connectivity index (χ1n) is 12.0. The highest BCUT2D eigenvalue weighted by atomic mass is 19.1. The molecule has 0 aliphatic heterocycles. The zero-order valence-corrected chi connectivity index (χ0v) is 20.9. The van der Waals surface area contributed by atoms with Crippen LogP contribution in [0.4, 0.5) is 20.2 Å². The lowest BCUT2D eigenvalue weighted by Gasteiger charge is -2.18. The molecule has 2 aromatic heterocycles. The third-order valence-corrected chi connectivity index (χ3v) is 6.41. The Hall–Kier alpha value is -4.90. The smallest absolute Gasteiger partial charge is 0.282 e. The van der Waals surface area contributed by atoms with Crippen LogP contribution in [0.5, 0.6) is 0 Å². The highest BCUT2D eigenvalue weighted by Crippen LogP contribution is 2.28. The van der Waals surface area contributed by atoms with E-state index in [9.17, 15) is 23.7 Å². The SMILES string of the molecule is CN(Cc1ccccc1)Cc1c(-c2ccc([N+](=O)[O-])cc2)nc2n(Cc3c(F)cccc3F)cc(N)c(=O)n12. The standard InChI is InChI=1S/C28H24F2N6O3/c1-33(14-18-6-3-2-4-7-18)17-25-26(19-10-12-20(13-11-19)36(38)39)32-28-34(16-24(31)27(37)35(25)28)15-21-22(29)8-5-9-23(21)30/h2-13,16H,14-15,17,31H2,1H3. The van der Waals surface area contributed by atoms with Gasteiger partial charge < -0.3 is 10.3 Å². The van der Waals surface area contributed by atoms with Crippen molar-refractivity contribution in [3.63, 3.8) is 0 Å². The fourth-order valence-electron chi connectivity index (χ4n) is 4.55. The average Bonchev–Trinajstić information content (AvgIpc) is 3.29. The number of hydrogen-bond donors (Lipinski definition) is 1. The first-order valence-corrected chi connectivity index (χ1v) is 12.0. The quantitative estimate of drug-likeness (QED) is 0.232. The van der Waals surface area contributed by atoms with Crippen LogP contribution >= 0.6 is 0 Å². The molecule has 2 heterocycles. The van der Waals surface area contributed by atoms with E-state index in [-0.39, 0.29) is 35.8 Å². The van der Waals surface area contributed by atoms with E-state index in [0.29, 0.717) is 23.5 Å². The van der Waals surface area contributed by atoms with Gasteiger partial charge in [0.2, 0.25) is 5.78 Å². The number of non-ortho nitro benzene ring substituents is 1. The van der Waals surface area contributed by atoms with E-state index < -0.39 is 22.1 Å². The van der Waals surface area contributed by atoms with Crippen molar-refractivity contribution >= 4 is 17.2 Å². The van der Waals surface area contributed by atoms with Crippen LogP contribution in [-0.2, 0) is 19.6 Å². The van der Waals surface area contributed by atoms with Crippen LogP contribution in [-0.4, -0.2) is 30.8 Å². The highest BCUT2D eigenvalue weighted by molar-refractivity contribution is 5.67. The summed E-state index contributed by atoms with van der Waals surface area (Å²) in [5.41, 5.74) is 7.60. The molecule has 0 bridgehead atoms. The molecule has 9 nitrogen and oxygen atoms in total. The maximum absolute atomic E-state index is 14.5. The molecule has 0 saturated carbocycles. The van der Waals surface area contributed by atoms with E-state index >= 15 is 0 Å². The van der Waals surface area contributed by atoms with E-state index in [1.165, 1.54) is 33.4 Å². The minimum atomic E-state index is -0.740. The minimum absolute atomic E-state index is 0.0934. The number of anilines is 1. The molecule has 198 valence electrons. The van der Waals surface area contributed by atoms with Gasteiger partial charge in [0.25, 0.3) is 11.2 Å². The number of nitrogens with two attached hydrogens (primary N) is 1. The van der Waals surface area contributed by atoms with Gasteiger partial charge in [0.1, 0.15) is 17.3 Å². The van der Waals surface area contributed by atoms with Crippen molar-refractivity contribution in [2.24, 2.45) is 0 Å². The van der Waals surface area contributed by atoms with Crippen molar-refractivity contribution in [2.75, 3.05) is 12.8 Å². The van der Waals surface area contributed by atoms with Gasteiger partial charge in [-0.25, -0.2) is 18.2 Å². The van der Waals surface area contributed by atoms with E-state index in [2.05, 4.69) is 0 Å². The van der Waals surface area contributed by atoms with Gasteiger partial charge in [-0.05, 0) is 36.9 Å². The van der Waals surface area contributed by atoms with Crippen molar-refractivity contribution < 1.29 is 13.7 Å². The molecule has 0 saturated heterocycles. The zero-order valence-electron chi connectivity index (χ0n) is 20.9. The molecule has 0 amide bonds. The number of hydrogen-bond acceptors (Lipinski definition) is 6. The molecule has 0 radical (unpaired) electrons. The molecule has 11 heteroatoms. The second-order valence-electron chi connectivity index (χ2n) is 9.22. The fourth-order valence-corrected chi connectivity index (χ4v) is 4.55. The molecule has 5 rings (SSSR count). The van der Waals surface area contributed by atoms with Gasteiger partial charge in [0, 0.05) is 42.5 Å². The van der Waals surface area contributed by atoms with Crippen molar-refractivity contribution in [1.82, 2.24) is 18.9 Å². The van der Waals surface area contributed by atoms with Crippen molar-refractivity contribution in [2.45, 2.75) is 19.6 Å². The van der Waals surface area contributed by atoms with Crippen molar-refractivity contribution in [1.29, 1.82) is 0 Å². The Morgan fingerprint density at radius 3 is 2.28 bits per heavy atom. The van der Waals surface area contributed by atoms with Crippen LogP contribution in [0.15, 0.2) is 83.8 Å². The molecule has 0 unspecified atom stereocenters. The Bertz CT molecular complexity index is 1710. The minimum Gasteiger partial charge on any atom is -0.393 e. The number of nitrogen functional groups attached to an aromatic ring is 1. The third-order valence-electron chi connectivity index (χ3n) is 6.41. The second kappa shape index (κ2) is 10.5. The maximum Gasteiger partial charge on any atom is 0.282 e. The molecule has 0 atom stereocenters. The van der Waals surface area contributed by atoms with E-state index in [0.717, 1.165) is 17.7 Å². The van der Waals surface area contributed by atoms with Crippen molar-refractivity contribution in [3.8, 4) is 11.3 Å². The number of aromatic nitrogens is 3. The predicted octanol–water partition coefficient (Wildman–Crippen LogP) is 4.61. The Morgan fingerprint density at radius 1 is 0.974 bits per heavy atom. The summed E-state index contributed by atoms with van der Waals surface area (Å²) in [6, 6.07) is 19.1. The predicted molar refractivity (Wildman–Crippen MR) is 143 cm³/mol. The number of halogens is 2. The molecule has 3 aromatic carbocycles. The average molecular weight is 531 g/mol. The van der Waals surface area contributed by atoms with Gasteiger partial charge in [0.05, 0.1) is 22.9 Å². The molecular weight excluding hydrogens is 506 g/mol. The molecular formula is C28H24F2N6O3. The molecule has 5 aromatic rings. The number of nitro benzene ring substituents is 1. The van der Waals surface area contributed by atoms with Crippen LogP contribution < -0.4 is 11.3 Å². The number of nitrogens with zero attached hydrogens (tertiary/aromatic N) is 5. The van der Waals surface area contributed by atoms with E-state index in [1.54, 1.807) is 12.1 Å². The molecule has 0 aliphatic rings. The number of rotatable bonds is 8. The number of fused-ring (bicyclic) bond motifs is 1. The third kappa shape index (κ3) is 5.12. The summed E-state index contributed by atoms with van der Waals surface area (Å²) in [4.78, 5) is 30.7. The van der Waals surface area contributed by atoms with Gasteiger partial charge in [-0.3, -0.25) is 19.8 Å². The Kier molecular flexibility index (Phi) is 6.90. The zero-order chi connectivity index (χ0) is 27.7. The summed E-state index contributed by atoms with van der Waals surface area (Å²) in [5.74, 6) is -1.35. The topological polar surface area (TPSA) is 112 Å². The summed E-state index contributed by atoms with van der Waals surface area (Å²) in [5, 5.41) is 11.2. The van der Waals surface area contributed by atoms with Crippen LogP contribution in [0.2, 0.25) is 0 Å². The number of benzene rings is 3. The molecule has 0 spiro atoms. The summed E-state index contributed by atoms with van der Waals surface area (Å²) in [6.07, 6.45) is 1.31. The van der Waals surface area contributed by atoms with Crippen LogP contribution in [0.25, 0.3) is 17.0 Å². The van der Waals surface area contributed by atoms with Crippen LogP contribution in [0, 0.1) is 21.7 Å². The highest BCUT2D eigenvalue weighted by Gasteiger charge is 2.22. The lowest BCUT2D eigenvalue weighted by molar-refractivity contribution is -0.384. The summed E-state index contributed by atoms with van der Waals surface area (Å²) < 4.78 is 31.8. The molecule has 2 N–H and O–H groups in total. The largest absolute Gasteiger partial charge is 0.393 e. The first kappa shape index (κ1) is 25.7. The Labute approximate surface area is 221 Å². The van der Waals surface area contributed by atoms with Gasteiger partial charge in [-0.1, -0.05) is 36.4 Å². The van der Waals surface area contributed by atoms with Gasteiger partial charge in [-0.15, -0.1) is 0 Å². The maximum atomic E-state index is 14.5. The van der Waals surface area contributed by atoms with Gasteiger partial charge in [-0.2, -0.15) is 0 Å². The lowest BCUT2D eigenvalue weighted by atomic mass is 10.1. The van der Waals surface area contributed by atoms with Gasteiger partial charge in [0.15, 0.2) is 0 Å². The van der Waals surface area contributed by atoms with Crippen LogP contribution in [0.3, 0.4) is 0 Å². The molecule has 0 aliphatic carbocycles. The molecule has 0 fully saturated rings. The summed E-state index contributed by atoms with van der Waals surface area (Å²) in [7, 11) is 1.88. The first-order chi connectivity index (χ1) is 18.7. The lowest BCUT2D eigenvalue weighted by Crippen LogP contribution is -2.26. The van der Waals surface area contributed by atoms with Gasteiger partial charge >= 0.3 is 0 Å². The number of nitro groups is 1. The van der Waals surface area contributed by atoms with E-state index in [4.69, 9.17) is 10.7 Å². The second-order valence-corrected chi connectivity index (χ2v) is 9.22. The Morgan fingerprint density at radius 2 is 1.64 bits per heavy atom.